The van der Waals surface area contributed by atoms with Crippen LogP contribution in [-0.2, 0) is 9.53 Å². The van der Waals surface area contributed by atoms with E-state index in [-0.39, 0.29) is 5.91 Å². The molecule has 0 atom stereocenters. The molecule has 98 valence electrons. The molecule has 0 saturated heterocycles. The van der Waals surface area contributed by atoms with Crippen molar-refractivity contribution in [3.05, 3.63) is 23.8 Å². The van der Waals surface area contributed by atoms with E-state index in [1.165, 1.54) is 7.11 Å². The Morgan fingerprint density at radius 2 is 2.00 bits per heavy atom. The molecule has 0 unspecified atom stereocenters. The van der Waals surface area contributed by atoms with Crippen molar-refractivity contribution in [2.45, 2.75) is 26.7 Å². The van der Waals surface area contributed by atoms with Crippen LogP contribution in [0.2, 0.25) is 0 Å². The molecule has 18 heavy (non-hydrogen) atoms. The van der Waals surface area contributed by atoms with Crippen LogP contribution in [0.5, 0.6) is 0 Å². The molecule has 0 aromatic heterocycles. The number of methoxy groups -OCH3 is 1. The number of aryl methyl sites for hydroxylation is 1. The number of anilines is 2. The molecule has 0 saturated carbocycles. The van der Waals surface area contributed by atoms with Crippen LogP contribution in [-0.4, -0.2) is 19.1 Å². The summed E-state index contributed by atoms with van der Waals surface area (Å²) in [5.74, 6) is -0.0316. The molecule has 0 heterocycles. The maximum Gasteiger partial charge on any atom is 0.411 e. The number of nitrogens with one attached hydrogen (secondary N) is 2. The van der Waals surface area contributed by atoms with E-state index in [9.17, 15) is 9.59 Å². The van der Waals surface area contributed by atoms with Gasteiger partial charge >= 0.3 is 6.09 Å². The molecule has 2 amide bonds. The highest BCUT2D eigenvalue weighted by atomic mass is 16.5. The lowest BCUT2D eigenvalue weighted by Gasteiger charge is -2.10. The van der Waals surface area contributed by atoms with Crippen molar-refractivity contribution < 1.29 is 14.3 Å². The van der Waals surface area contributed by atoms with Crippen molar-refractivity contribution in [3.63, 3.8) is 0 Å². The van der Waals surface area contributed by atoms with Gasteiger partial charge in [0, 0.05) is 17.8 Å². The topological polar surface area (TPSA) is 67.4 Å². The van der Waals surface area contributed by atoms with E-state index in [4.69, 9.17) is 0 Å². The van der Waals surface area contributed by atoms with E-state index >= 15 is 0 Å². The lowest BCUT2D eigenvalue weighted by molar-refractivity contribution is -0.116. The largest absolute Gasteiger partial charge is 0.453 e. The number of carbonyl (C=O) groups is 2. The maximum atomic E-state index is 11.5. The van der Waals surface area contributed by atoms with Gasteiger partial charge in [0.15, 0.2) is 0 Å². The normalized spacial score (nSPS) is 9.72. The van der Waals surface area contributed by atoms with Gasteiger partial charge in [-0.25, -0.2) is 4.79 Å². The molecule has 0 aliphatic rings. The van der Waals surface area contributed by atoms with Crippen LogP contribution in [0.4, 0.5) is 16.2 Å². The van der Waals surface area contributed by atoms with E-state index in [1.807, 2.05) is 19.9 Å². The van der Waals surface area contributed by atoms with Gasteiger partial charge < -0.3 is 10.1 Å². The monoisotopic (exact) mass is 250 g/mol. The van der Waals surface area contributed by atoms with Crippen LogP contribution in [0.1, 0.15) is 25.3 Å². The quantitative estimate of drug-likeness (QED) is 0.863. The molecule has 0 aliphatic carbocycles. The Kier molecular flexibility index (Phi) is 5.17. The molecule has 0 radical (unpaired) electrons. The summed E-state index contributed by atoms with van der Waals surface area (Å²) >= 11 is 0. The fourth-order valence-corrected chi connectivity index (χ4v) is 1.44. The number of benzene rings is 1. The lowest BCUT2D eigenvalue weighted by Crippen LogP contribution is -2.14. The predicted octanol–water partition coefficient (Wildman–Crippen LogP) is 2.91. The second kappa shape index (κ2) is 6.64. The van der Waals surface area contributed by atoms with Crippen molar-refractivity contribution in [1.82, 2.24) is 0 Å². The van der Waals surface area contributed by atoms with Gasteiger partial charge in [-0.2, -0.15) is 0 Å². The SMILES string of the molecule is CCCC(=O)Nc1cc(NC(=O)OC)ccc1C. The van der Waals surface area contributed by atoms with Gasteiger partial charge in [0.25, 0.3) is 0 Å². The summed E-state index contributed by atoms with van der Waals surface area (Å²) in [5, 5.41) is 5.36. The van der Waals surface area contributed by atoms with Crippen LogP contribution in [0.15, 0.2) is 18.2 Å². The first-order chi connectivity index (χ1) is 8.56. The van der Waals surface area contributed by atoms with Crippen LogP contribution in [0.3, 0.4) is 0 Å². The van der Waals surface area contributed by atoms with E-state index < -0.39 is 6.09 Å². The molecule has 0 bridgehead atoms. The van der Waals surface area contributed by atoms with Gasteiger partial charge in [-0.15, -0.1) is 0 Å². The Morgan fingerprint density at radius 3 is 2.61 bits per heavy atom. The highest BCUT2D eigenvalue weighted by Gasteiger charge is 2.06. The minimum Gasteiger partial charge on any atom is -0.453 e. The molecular formula is C13H18N2O3. The summed E-state index contributed by atoms with van der Waals surface area (Å²) in [6.45, 7) is 3.84. The number of ether oxygens (including phenoxy) is 1. The Hall–Kier alpha value is -2.04. The number of rotatable bonds is 4. The van der Waals surface area contributed by atoms with Crippen molar-refractivity contribution in [2.75, 3.05) is 17.7 Å². The smallest absolute Gasteiger partial charge is 0.411 e. The molecule has 1 aromatic carbocycles. The number of hydrogen-bond acceptors (Lipinski definition) is 3. The molecule has 5 heteroatoms. The molecular weight excluding hydrogens is 232 g/mol. The van der Waals surface area contributed by atoms with E-state index in [1.54, 1.807) is 12.1 Å². The van der Waals surface area contributed by atoms with Gasteiger partial charge in [-0.3, -0.25) is 10.1 Å². The van der Waals surface area contributed by atoms with Crippen LogP contribution < -0.4 is 10.6 Å². The molecule has 2 N–H and O–H groups in total. The summed E-state index contributed by atoms with van der Waals surface area (Å²) in [6.07, 6.45) is 0.740. The molecule has 0 fully saturated rings. The van der Waals surface area contributed by atoms with E-state index in [0.29, 0.717) is 17.8 Å². The molecule has 1 rings (SSSR count). The van der Waals surface area contributed by atoms with E-state index in [2.05, 4.69) is 15.4 Å². The van der Waals surface area contributed by atoms with Gasteiger partial charge in [0.1, 0.15) is 0 Å². The molecule has 0 spiro atoms. The van der Waals surface area contributed by atoms with Gasteiger partial charge in [-0.05, 0) is 31.0 Å². The predicted molar refractivity (Wildman–Crippen MR) is 70.7 cm³/mol. The minimum absolute atomic E-state index is 0.0316. The minimum atomic E-state index is -0.537. The number of amides is 2. The van der Waals surface area contributed by atoms with Crippen molar-refractivity contribution >= 4 is 23.4 Å². The van der Waals surface area contributed by atoms with E-state index in [0.717, 1.165) is 12.0 Å². The zero-order valence-corrected chi connectivity index (χ0v) is 10.9. The van der Waals surface area contributed by atoms with Crippen molar-refractivity contribution in [3.8, 4) is 0 Å². The summed E-state index contributed by atoms with van der Waals surface area (Å²) in [7, 11) is 1.30. The third kappa shape index (κ3) is 4.08. The van der Waals surface area contributed by atoms with Gasteiger partial charge in [0.05, 0.1) is 7.11 Å². The summed E-state index contributed by atoms with van der Waals surface area (Å²) in [4.78, 5) is 22.6. The van der Waals surface area contributed by atoms with Crippen molar-refractivity contribution in [1.29, 1.82) is 0 Å². The third-order valence-corrected chi connectivity index (χ3v) is 2.42. The third-order valence-electron chi connectivity index (χ3n) is 2.42. The number of hydrogen-bond donors (Lipinski definition) is 2. The van der Waals surface area contributed by atoms with Crippen LogP contribution in [0.25, 0.3) is 0 Å². The summed E-state index contributed by atoms with van der Waals surface area (Å²) in [5.41, 5.74) is 2.22. The average Bonchev–Trinajstić information content (AvgIpc) is 2.33. The Morgan fingerprint density at radius 1 is 1.28 bits per heavy atom. The first kappa shape index (κ1) is 14.0. The highest BCUT2D eigenvalue weighted by Crippen LogP contribution is 2.20. The first-order valence-electron chi connectivity index (χ1n) is 5.82. The molecule has 5 nitrogen and oxygen atoms in total. The van der Waals surface area contributed by atoms with Crippen LogP contribution in [0, 0.1) is 6.92 Å². The summed E-state index contributed by atoms with van der Waals surface area (Å²) < 4.78 is 4.51. The summed E-state index contributed by atoms with van der Waals surface area (Å²) in [6, 6.07) is 5.29. The zero-order chi connectivity index (χ0) is 13.5. The Bertz CT molecular complexity index is 444. The standard InChI is InChI=1S/C13H18N2O3/c1-4-5-12(16)15-11-8-10(7-6-9(11)2)14-13(17)18-3/h6-8H,4-5H2,1-3H3,(H,14,17)(H,15,16). The second-order valence-electron chi connectivity index (χ2n) is 3.94. The van der Waals surface area contributed by atoms with Gasteiger partial charge in [-0.1, -0.05) is 13.0 Å². The maximum absolute atomic E-state index is 11.5. The average molecular weight is 250 g/mol. The van der Waals surface area contributed by atoms with Crippen LogP contribution >= 0.6 is 0 Å². The fourth-order valence-electron chi connectivity index (χ4n) is 1.44. The lowest BCUT2D eigenvalue weighted by atomic mass is 10.1. The molecule has 1 aromatic rings. The molecule has 0 aliphatic heterocycles. The fraction of sp³-hybridized carbons (Fsp3) is 0.385. The zero-order valence-electron chi connectivity index (χ0n) is 10.9. The van der Waals surface area contributed by atoms with Gasteiger partial charge in [0.2, 0.25) is 5.91 Å². The second-order valence-corrected chi connectivity index (χ2v) is 3.94. The number of carbonyl (C=O) groups excluding carboxylic acids is 2. The highest BCUT2D eigenvalue weighted by molar-refractivity contribution is 5.93. The Labute approximate surface area is 107 Å². The first-order valence-corrected chi connectivity index (χ1v) is 5.82. The van der Waals surface area contributed by atoms with Crippen molar-refractivity contribution in [2.24, 2.45) is 0 Å². The Balaban J connectivity index is 2.80.